The quantitative estimate of drug-likeness (QED) is 0.0401. The Morgan fingerprint density at radius 1 is 0.551 bits per heavy atom. The summed E-state index contributed by atoms with van der Waals surface area (Å²) in [5.74, 6) is -0.878. The van der Waals surface area contributed by atoms with E-state index in [-0.39, 0.29) is 18.2 Å². The normalized spacial score (nSPS) is 20.7. The maximum atomic E-state index is 12.7. The Balaban J connectivity index is 1.63. The molecule has 2 rings (SSSR count). The van der Waals surface area contributed by atoms with Gasteiger partial charge in [0.25, 0.3) is 0 Å². The van der Waals surface area contributed by atoms with Crippen LogP contribution in [0.5, 0.6) is 0 Å². The molecule has 49 heavy (non-hydrogen) atoms. The third-order valence-corrected chi connectivity index (χ3v) is 9.92. The van der Waals surface area contributed by atoms with E-state index in [0.29, 0.717) is 6.54 Å². The Kier molecular flexibility index (Phi) is 25.7. The van der Waals surface area contributed by atoms with Gasteiger partial charge < -0.3 is 19.1 Å². The van der Waals surface area contributed by atoms with Gasteiger partial charge in [0, 0.05) is 19.4 Å². The highest BCUT2D eigenvalue weighted by molar-refractivity contribution is 5.78. The van der Waals surface area contributed by atoms with Gasteiger partial charge in [0.05, 0.1) is 0 Å². The summed E-state index contributed by atoms with van der Waals surface area (Å²) < 4.78 is 18.8. The van der Waals surface area contributed by atoms with Crippen LogP contribution >= 0.6 is 0 Å². The fourth-order valence-corrected chi connectivity index (χ4v) is 7.00. The van der Waals surface area contributed by atoms with Gasteiger partial charge in [0.15, 0.2) is 11.9 Å². The van der Waals surface area contributed by atoms with Crippen LogP contribution in [0.25, 0.3) is 0 Å². The van der Waals surface area contributed by atoms with Crippen LogP contribution in [-0.2, 0) is 19.0 Å². The summed E-state index contributed by atoms with van der Waals surface area (Å²) in [5.41, 5.74) is 0. The summed E-state index contributed by atoms with van der Waals surface area (Å²) in [6.45, 7) is 5.19. The molecule has 2 aliphatic heterocycles. The number of likely N-dealkylation sites (N-methyl/N-ethyl adjacent to an activating group) is 1. The van der Waals surface area contributed by atoms with Gasteiger partial charge in [-0.2, -0.15) is 0 Å². The van der Waals surface area contributed by atoms with Crippen molar-refractivity contribution in [1.29, 1.82) is 0 Å². The molecule has 0 radical (unpaired) electrons. The predicted molar refractivity (Wildman–Crippen MR) is 209 cm³/mol. The third kappa shape index (κ3) is 20.7. The molecule has 0 unspecified atom stereocenters. The largest absolute Gasteiger partial charge is 0.456 e. The zero-order chi connectivity index (χ0) is 35.3. The van der Waals surface area contributed by atoms with Crippen LogP contribution in [0.4, 0.5) is 0 Å². The first kappa shape index (κ1) is 43.5. The van der Waals surface area contributed by atoms with E-state index >= 15 is 0 Å². The maximum absolute atomic E-state index is 12.7. The molecular formula is C44H77NO4. The lowest BCUT2D eigenvalue weighted by atomic mass is 9.98. The lowest BCUT2D eigenvalue weighted by Gasteiger charge is -2.30. The summed E-state index contributed by atoms with van der Waals surface area (Å²) in [6, 6.07) is 0. The number of hydrogen-bond acceptors (Lipinski definition) is 5. The molecule has 0 aromatic heterocycles. The van der Waals surface area contributed by atoms with Crippen molar-refractivity contribution in [3.8, 4) is 0 Å². The van der Waals surface area contributed by atoms with Gasteiger partial charge in [-0.1, -0.05) is 140 Å². The predicted octanol–water partition coefficient (Wildman–Crippen LogP) is 12.4. The van der Waals surface area contributed by atoms with Gasteiger partial charge in [0.1, 0.15) is 12.2 Å². The third-order valence-electron chi connectivity index (χ3n) is 9.92. The first-order chi connectivity index (χ1) is 24.0. The molecule has 2 saturated heterocycles. The van der Waals surface area contributed by atoms with E-state index in [2.05, 4.69) is 67.4 Å². The number of esters is 1. The van der Waals surface area contributed by atoms with Crippen molar-refractivity contribution in [3.63, 3.8) is 0 Å². The second-order valence-corrected chi connectivity index (χ2v) is 14.9. The van der Waals surface area contributed by atoms with Crippen LogP contribution in [-0.4, -0.2) is 55.6 Å². The zero-order valence-corrected chi connectivity index (χ0v) is 32.5. The molecule has 0 amide bonds. The van der Waals surface area contributed by atoms with Gasteiger partial charge in [-0.3, -0.25) is 0 Å². The van der Waals surface area contributed by atoms with Crippen molar-refractivity contribution >= 4 is 5.97 Å². The standard InChI is InChI=1S/C44H77NO4/c1-5-7-9-11-13-15-17-19-21-23-25-27-29-31-33-35-37-44(48-41-40(39-45(3)4)47-43(46)42(41)49-44)38-36-34-32-30-28-26-24-22-20-18-16-14-12-10-8-6-2/h13-16,19-22,40-42H,5-12,17-18,23-39H2,1-4H3/b15-13-,16-14-,21-19-,22-20-/t40-,41-,42+/m0/s1. The Labute approximate surface area is 303 Å². The van der Waals surface area contributed by atoms with E-state index in [1.165, 1.54) is 128 Å². The summed E-state index contributed by atoms with van der Waals surface area (Å²) in [7, 11) is 4.02. The van der Waals surface area contributed by atoms with Crippen LogP contribution in [0, 0.1) is 0 Å². The topological polar surface area (TPSA) is 48.0 Å². The van der Waals surface area contributed by atoms with E-state index in [1.807, 2.05) is 14.1 Å². The molecule has 0 aromatic carbocycles. The van der Waals surface area contributed by atoms with Crippen molar-refractivity contribution < 1.29 is 19.0 Å². The second kappa shape index (κ2) is 28.9. The van der Waals surface area contributed by atoms with Gasteiger partial charge in [0.2, 0.25) is 0 Å². The van der Waals surface area contributed by atoms with Crippen LogP contribution in [0.2, 0.25) is 0 Å². The van der Waals surface area contributed by atoms with Gasteiger partial charge in [-0.15, -0.1) is 0 Å². The molecule has 0 aromatic rings. The Bertz CT molecular complexity index is 874. The number of rotatable bonds is 32. The molecule has 0 bridgehead atoms. The Morgan fingerprint density at radius 2 is 0.959 bits per heavy atom. The summed E-state index contributed by atoms with van der Waals surface area (Å²) in [5, 5.41) is 0. The van der Waals surface area contributed by atoms with E-state index < -0.39 is 11.9 Å². The van der Waals surface area contributed by atoms with Gasteiger partial charge in [-0.25, -0.2) is 4.79 Å². The van der Waals surface area contributed by atoms with E-state index in [1.54, 1.807) is 0 Å². The van der Waals surface area contributed by atoms with Crippen LogP contribution in [0.3, 0.4) is 0 Å². The number of hydrogen-bond donors (Lipinski definition) is 0. The molecule has 0 N–H and O–H groups in total. The number of allylic oxidation sites excluding steroid dienone is 8. The van der Waals surface area contributed by atoms with Crippen molar-refractivity contribution in [2.24, 2.45) is 0 Å². The lowest BCUT2D eigenvalue weighted by Crippen LogP contribution is -2.38. The molecule has 0 spiro atoms. The maximum Gasteiger partial charge on any atom is 0.338 e. The molecule has 3 atom stereocenters. The van der Waals surface area contributed by atoms with Crippen molar-refractivity contribution in [2.75, 3.05) is 20.6 Å². The van der Waals surface area contributed by atoms with Crippen molar-refractivity contribution in [3.05, 3.63) is 48.6 Å². The molecule has 282 valence electrons. The average Bonchev–Trinajstić information content (AvgIpc) is 3.59. The summed E-state index contributed by atoms with van der Waals surface area (Å²) in [4.78, 5) is 14.8. The fourth-order valence-electron chi connectivity index (χ4n) is 7.00. The Morgan fingerprint density at radius 3 is 1.39 bits per heavy atom. The molecule has 2 heterocycles. The molecule has 0 saturated carbocycles. The fraction of sp³-hybridized carbons (Fsp3) is 0.795. The van der Waals surface area contributed by atoms with Gasteiger partial charge in [-0.05, 0) is 91.1 Å². The van der Waals surface area contributed by atoms with E-state index in [0.717, 1.165) is 38.5 Å². The SMILES string of the molecule is CCCCC/C=C\C/C=C\CCCCCCCCC1(CCCCCCCC/C=C\C/C=C\CCCCC)O[C@H]2[C@H](CN(C)C)OC(=O)[C@@H]2O1. The first-order valence-electron chi connectivity index (χ1n) is 20.8. The molecule has 2 fully saturated rings. The van der Waals surface area contributed by atoms with Gasteiger partial charge >= 0.3 is 5.97 Å². The second-order valence-electron chi connectivity index (χ2n) is 14.9. The highest BCUT2D eigenvalue weighted by atomic mass is 16.8. The summed E-state index contributed by atoms with van der Waals surface area (Å²) in [6.07, 6.45) is 49.0. The molecule has 2 aliphatic rings. The van der Waals surface area contributed by atoms with Crippen molar-refractivity contribution in [1.82, 2.24) is 4.90 Å². The molecule has 5 nitrogen and oxygen atoms in total. The molecular weight excluding hydrogens is 606 g/mol. The number of fused-ring (bicyclic) bond motifs is 1. The highest BCUT2D eigenvalue weighted by Gasteiger charge is 2.58. The van der Waals surface area contributed by atoms with Crippen LogP contribution < -0.4 is 0 Å². The van der Waals surface area contributed by atoms with Crippen LogP contribution in [0.1, 0.15) is 181 Å². The molecule has 0 aliphatic carbocycles. The number of cyclic esters (lactones) is 1. The van der Waals surface area contributed by atoms with E-state index in [4.69, 9.17) is 14.2 Å². The van der Waals surface area contributed by atoms with Crippen molar-refractivity contribution in [2.45, 2.75) is 205 Å². The number of carbonyl (C=O) groups is 1. The average molecular weight is 684 g/mol. The first-order valence-corrected chi connectivity index (χ1v) is 20.8. The minimum atomic E-state index is -0.635. The lowest BCUT2D eigenvalue weighted by molar-refractivity contribution is -0.211. The minimum absolute atomic E-state index is 0.243. The highest BCUT2D eigenvalue weighted by Crippen LogP contribution is 2.42. The number of unbranched alkanes of at least 4 members (excludes halogenated alkanes) is 18. The molecule has 5 heteroatoms. The van der Waals surface area contributed by atoms with Crippen LogP contribution in [0.15, 0.2) is 48.6 Å². The Hall–Kier alpha value is -1.69. The summed E-state index contributed by atoms with van der Waals surface area (Å²) >= 11 is 0. The number of ether oxygens (including phenoxy) is 3. The monoisotopic (exact) mass is 684 g/mol. The number of carbonyl (C=O) groups excluding carboxylic acids is 1. The zero-order valence-electron chi connectivity index (χ0n) is 32.5. The van der Waals surface area contributed by atoms with E-state index in [9.17, 15) is 4.79 Å². The minimum Gasteiger partial charge on any atom is -0.456 e. The smallest absolute Gasteiger partial charge is 0.338 e. The number of nitrogens with zero attached hydrogens (tertiary/aromatic N) is 1.